The predicted octanol–water partition coefficient (Wildman–Crippen LogP) is 2.47. The molecule has 0 aromatic heterocycles. The number of ether oxygens (including phenoxy) is 1. The lowest BCUT2D eigenvalue weighted by molar-refractivity contribution is 0.142. The molecule has 82 valence electrons. The highest BCUT2D eigenvalue weighted by atomic mass is 16.5. The fourth-order valence-corrected chi connectivity index (χ4v) is 3.85. The Balaban J connectivity index is 1.96. The molecule has 0 radical (unpaired) electrons. The molecular weight excluding hydrogens is 190 g/mol. The third kappa shape index (κ3) is 0.894. The molecule has 2 aliphatic carbocycles. The largest absolute Gasteiger partial charge is 0.453 e. The molecule has 1 heterocycles. The van der Waals surface area contributed by atoms with Crippen LogP contribution in [0.4, 0.5) is 4.79 Å². The molecule has 1 amide bonds. The van der Waals surface area contributed by atoms with Crippen molar-refractivity contribution in [2.75, 3.05) is 7.11 Å². The van der Waals surface area contributed by atoms with Crippen LogP contribution in [0.5, 0.6) is 0 Å². The quantitative estimate of drug-likeness (QED) is 0.451. The average molecular weight is 207 g/mol. The number of carbonyl (C=O) groups excluding carboxylic acids is 1. The second kappa shape index (κ2) is 2.77. The van der Waals surface area contributed by atoms with E-state index >= 15 is 0 Å². The van der Waals surface area contributed by atoms with E-state index in [0.29, 0.717) is 0 Å². The summed E-state index contributed by atoms with van der Waals surface area (Å²) in [6, 6.07) is 0. The number of carbonyl (C=O) groups is 1. The monoisotopic (exact) mass is 207 g/mol. The Bertz CT molecular complexity index is 315. The standard InChI is InChI=1S/C12H17NO2/c1-15-10(14)13-11-6-2-3-7-12(11,13)9-5-4-8-11/h2-3H,4-9H2,1H3/t11-,12+,13?. The molecule has 1 saturated heterocycles. The second-order valence-electron chi connectivity index (χ2n) is 4.96. The van der Waals surface area contributed by atoms with Crippen LogP contribution in [-0.2, 0) is 4.74 Å². The van der Waals surface area contributed by atoms with Crippen LogP contribution in [0, 0.1) is 0 Å². The molecule has 3 heteroatoms. The molecule has 2 atom stereocenters. The molecule has 0 aromatic rings. The van der Waals surface area contributed by atoms with Gasteiger partial charge in [0.25, 0.3) is 0 Å². The van der Waals surface area contributed by atoms with E-state index in [9.17, 15) is 4.79 Å². The number of likely N-dealkylation sites (tertiary alicyclic amines) is 1. The zero-order valence-corrected chi connectivity index (χ0v) is 9.16. The van der Waals surface area contributed by atoms with Gasteiger partial charge in [-0.15, -0.1) is 0 Å². The normalized spacial score (nSPS) is 41.8. The Hall–Kier alpha value is -0.990. The molecule has 2 fully saturated rings. The number of hydrogen-bond donors (Lipinski definition) is 0. The highest BCUT2D eigenvalue weighted by Crippen LogP contribution is 2.65. The number of amides is 1. The molecule has 0 aromatic carbocycles. The van der Waals surface area contributed by atoms with Crippen LogP contribution in [0.3, 0.4) is 0 Å². The average Bonchev–Trinajstić information content (AvgIpc) is 2.92. The summed E-state index contributed by atoms with van der Waals surface area (Å²) in [5.41, 5.74) is 0.264. The first-order valence-electron chi connectivity index (χ1n) is 5.80. The van der Waals surface area contributed by atoms with Gasteiger partial charge in [-0.2, -0.15) is 0 Å². The van der Waals surface area contributed by atoms with Crippen LogP contribution in [0.2, 0.25) is 0 Å². The third-order valence-electron chi connectivity index (χ3n) is 4.54. The topological polar surface area (TPSA) is 29.3 Å². The van der Waals surface area contributed by atoms with Crippen molar-refractivity contribution in [2.45, 2.75) is 49.6 Å². The van der Waals surface area contributed by atoms with Gasteiger partial charge in [-0.25, -0.2) is 4.79 Å². The molecule has 0 N–H and O–H groups in total. The zero-order valence-electron chi connectivity index (χ0n) is 9.16. The number of nitrogens with zero attached hydrogens (tertiary/aromatic N) is 1. The van der Waals surface area contributed by atoms with Crippen LogP contribution in [-0.4, -0.2) is 29.2 Å². The summed E-state index contributed by atoms with van der Waals surface area (Å²) < 4.78 is 4.91. The molecule has 3 nitrogen and oxygen atoms in total. The molecule has 3 aliphatic rings. The van der Waals surface area contributed by atoms with E-state index in [4.69, 9.17) is 4.74 Å². The minimum atomic E-state index is -0.124. The lowest BCUT2D eigenvalue weighted by Crippen LogP contribution is -2.30. The molecule has 15 heavy (non-hydrogen) atoms. The van der Waals surface area contributed by atoms with Crippen LogP contribution in [0.25, 0.3) is 0 Å². The zero-order chi connectivity index (χ0) is 10.5. The van der Waals surface area contributed by atoms with Gasteiger partial charge in [-0.3, -0.25) is 4.90 Å². The number of hydrogen-bond acceptors (Lipinski definition) is 2. The Kier molecular flexibility index (Phi) is 1.71. The van der Waals surface area contributed by atoms with Crippen molar-refractivity contribution in [3.05, 3.63) is 12.2 Å². The molecular formula is C12H17NO2. The minimum Gasteiger partial charge on any atom is -0.453 e. The predicted molar refractivity (Wildman–Crippen MR) is 56.5 cm³/mol. The van der Waals surface area contributed by atoms with Crippen LogP contribution < -0.4 is 0 Å². The van der Waals surface area contributed by atoms with Gasteiger partial charge in [0.1, 0.15) is 0 Å². The summed E-state index contributed by atoms with van der Waals surface area (Å²) in [5.74, 6) is 0. The van der Waals surface area contributed by atoms with Crippen LogP contribution in [0.1, 0.15) is 38.5 Å². The summed E-state index contributed by atoms with van der Waals surface area (Å²) in [6.07, 6.45) is 11.2. The van der Waals surface area contributed by atoms with Gasteiger partial charge in [-0.05, 0) is 25.7 Å². The van der Waals surface area contributed by atoms with Gasteiger partial charge >= 0.3 is 6.09 Å². The van der Waals surface area contributed by atoms with E-state index < -0.39 is 0 Å². The maximum Gasteiger partial charge on any atom is 0.410 e. The Morgan fingerprint density at radius 2 is 1.73 bits per heavy atom. The van der Waals surface area contributed by atoms with E-state index in [1.54, 1.807) is 0 Å². The lowest BCUT2D eigenvalue weighted by atomic mass is 9.73. The maximum absolute atomic E-state index is 11.8. The summed E-state index contributed by atoms with van der Waals surface area (Å²) in [7, 11) is 1.49. The van der Waals surface area contributed by atoms with Crippen molar-refractivity contribution < 1.29 is 9.53 Å². The highest BCUT2D eigenvalue weighted by molar-refractivity contribution is 5.76. The summed E-state index contributed by atoms with van der Waals surface area (Å²) in [4.78, 5) is 13.8. The van der Waals surface area contributed by atoms with Crippen LogP contribution >= 0.6 is 0 Å². The summed E-state index contributed by atoms with van der Waals surface area (Å²) in [5, 5.41) is 0. The first-order valence-corrected chi connectivity index (χ1v) is 5.80. The number of methoxy groups -OCH3 is 1. The van der Waals surface area contributed by atoms with Gasteiger partial charge in [-0.1, -0.05) is 25.0 Å². The fourth-order valence-electron chi connectivity index (χ4n) is 3.85. The Morgan fingerprint density at radius 3 is 2.20 bits per heavy atom. The van der Waals surface area contributed by atoms with E-state index in [1.807, 2.05) is 4.90 Å². The van der Waals surface area contributed by atoms with Gasteiger partial charge in [0.15, 0.2) is 0 Å². The summed E-state index contributed by atoms with van der Waals surface area (Å²) in [6.45, 7) is 0. The molecule has 0 unspecified atom stereocenters. The summed E-state index contributed by atoms with van der Waals surface area (Å²) >= 11 is 0. The number of rotatable bonds is 0. The SMILES string of the molecule is COC(=O)N1[C@@]23CC=CC[C@@]12CCCC3. The van der Waals surface area contributed by atoms with E-state index in [0.717, 1.165) is 25.7 Å². The Morgan fingerprint density at radius 1 is 1.20 bits per heavy atom. The van der Waals surface area contributed by atoms with Gasteiger partial charge < -0.3 is 4.74 Å². The van der Waals surface area contributed by atoms with Gasteiger partial charge in [0.2, 0.25) is 0 Å². The Labute approximate surface area is 90.1 Å². The van der Waals surface area contributed by atoms with E-state index in [-0.39, 0.29) is 17.2 Å². The smallest absolute Gasteiger partial charge is 0.410 e. The minimum absolute atomic E-state index is 0.124. The van der Waals surface area contributed by atoms with E-state index in [1.165, 1.54) is 20.0 Å². The first kappa shape index (κ1) is 9.25. The molecule has 0 bridgehead atoms. The molecule has 1 saturated carbocycles. The van der Waals surface area contributed by atoms with Crippen molar-refractivity contribution in [3.63, 3.8) is 0 Å². The van der Waals surface area contributed by atoms with Crippen molar-refractivity contribution in [1.82, 2.24) is 4.90 Å². The van der Waals surface area contributed by atoms with E-state index in [2.05, 4.69) is 12.2 Å². The maximum atomic E-state index is 11.8. The second-order valence-corrected chi connectivity index (χ2v) is 4.96. The fraction of sp³-hybridized carbons (Fsp3) is 0.750. The van der Waals surface area contributed by atoms with Gasteiger partial charge in [0.05, 0.1) is 18.2 Å². The van der Waals surface area contributed by atoms with Crippen LogP contribution in [0.15, 0.2) is 12.2 Å². The molecule has 3 rings (SSSR count). The van der Waals surface area contributed by atoms with Crippen molar-refractivity contribution in [3.8, 4) is 0 Å². The highest BCUT2D eigenvalue weighted by Gasteiger charge is 2.76. The third-order valence-corrected chi connectivity index (χ3v) is 4.54. The van der Waals surface area contributed by atoms with Crippen molar-refractivity contribution in [2.24, 2.45) is 0 Å². The van der Waals surface area contributed by atoms with Crippen molar-refractivity contribution in [1.29, 1.82) is 0 Å². The molecule has 0 spiro atoms. The lowest BCUT2D eigenvalue weighted by Gasteiger charge is -2.26. The molecule has 1 aliphatic heterocycles. The first-order chi connectivity index (χ1) is 7.27. The van der Waals surface area contributed by atoms with Crippen molar-refractivity contribution >= 4 is 6.09 Å². The van der Waals surface area contributed by atoms with Gasteiger partial charge in [0, 0.05) is 0 Å².